The summed E-state index contributed by atoms with van der Waals surface area (Å²) in [6.07, 6.45) is 3.56. The van der Waals surface area contributed by atoms with Crippen molar-refractivity contribution in [1.82, 2.24) is 19.9 Å². The molecule has 0 bridgehead atoms. The quantitative estimate of drug-likeness (QED) is 0.334. The number of rotatable bonds is 8. The average molecular weight is 445 g/mol. The predicted molar refractivity (Wildman–Crippen MR) is 125 cm³/mol. The molecule has 2 aromatic carbocycles. The van der Waals surface area contributed by atoms with E-state index in [2.05, 4.69) is 20.7 Å². The van der Waals surface area contributed by atoms with E-state index in [4.69, 9.17) is 0 Å². The van der Waals surface area contributed by atoms with Gasteiger partial charge >= 0.3 is 5.69 Å². The van der Waals surface area contributed by atoms with Crippen molar-refractivity contribution in [2.75, 3.05) is 0 Å². The Labute approximate surface area is 188 Å². The van der Waals surface area contributed by atoms with Crippen molar-refractivity contribution >= 4 is 29.7 Å². The van der Waals surface area contributed by atoms with Crippen molar-refractivity contribution in [2.45, 2.75) is 13.0 Å². The topological polar surface area (TPSA) is 93.6 Å². The van der Waals surface area contributed by atoms with E-state index < -0.39 is 11.6 Å². The standard InChI is InChI=1S/C23H20N6O2S/c30-22(26-24-15-18-8-3-1-4-9-18)17-28-23(31)29(25-16-19-10-5-2-6-11-19)21(27-28)14-20-12-7-13-32-20/h1-13,15-16H,14,17H2,(H,26,30)/b24-15+,25-16+. The van der Waals surface area contributed by atoms with Gasteiger partial charge in [0.05, 0.1) is 12.4 Å². The van der Waals surface area contributed by atoms with Crippen molar-refractivity contribution < 1.29 is 4.79 Å². The van der Waals surface area contributed by atoms with Gasteiger partial charge in [-0.3, -0.25) is 4.79 Å². The first-order chi connectivity index (χ1) is 15.7. The molecule has 2 heterocycles. The monoisotopic (exact) mass is 444 g/mol. The SMILES string of the molecule is O=C(Cn1nc(Cc2cccs2)n(/N=C/c2ccccc2)c1=O)N/N=C/c1ccccc1. The highest BCUT2D eigenvalue weighted by Crippen LogP contribution is 2.13. The van der Waals surface area contributed by atoms with Gasteiger partial charge in [0.1, 0.15) is 6.54 Å². The summed E-state index contributed by atoms with van der Waals surface area (Å²) in [5.74, 6) is -0.0103. The molecule has 9 heteroatoms. The van der Waals surface area contributed by atoms with Crippen molar-refractivity contribution in [3.05, 3.63) is 110 Å². The number of aromatic nitrogens is 3. The van der Waals surface area contributed by atoms with Crippen LogP contribution < -0.4 is 11.1 Å². The van der Waals surface area contributed by atoms with Gasteiger partial charge in [0.15, 0.2) is 5.82 Å². The second-order valence-electron chi connectivity index (χ2n) is 6.78. The molecule has 0 fully saturated rings. The van der Waals surface area contributed by atoms with Gasteiger partial charge in [-0.25, -0.2) is 14.9 Å². The minimum Gasteiger partial charge on any atom is -0.271 e. The van der Waals surface area contributed by atoms with Crippen LogP contribution in [0.2, 0.25) is 0 Å². The number of carbonyl (C=O) groups is 1. The molecule has 4 aromatic rings. The molecule has 0 saturated heterocycles. The van der Waals surface area contributed by atoms with Crippen LogP contribution in [0.1, 0.15) is 21.8 Å². The molecule has 2 aromatic heterocycles. The predicted octanol–water partition coefficient (Wildman–Crippen LogP) is 2.73. The lowest BCUT2D eigenvalue weighted by Crippen LogP contribution is -2.31. The van der Waals surface area contributed by atoms with Crippen LogP contribution in [-0.4, -0.2) is 32.8 Å². The molecule has 1 N–H and O–H groups in total. The highest BCUT2D eigenvalue weighted by molar-refractivity contribution is 7.09. The van der Waals surface area contributed by atoms with Crippen molar-refractivity contribution in [1.29, 1.82) is 0 Å². The fourth-order valence-electron chi connectivity index (χ4n) is 2.90. The van der Waals surface area contributed by atoms with Crippen molar-refractivity contribution in [3.8, 4) is 0 Å². The summed E-state index contributed by atoms with van der Waals surface area (Å²) < 4.78 is 2.33. The second-order valence-corrected chi connectivity index (χ2v) is 7.82. The minimum atomic E-state index is -0.495. The third kappa shape index (κ3) is 5.52. The Hall–Kier alpha value is -4.11. The van der Waals surface area contributed by atoms with Gasteiger partial charge in [-0.15, -0.1) is 11.3 Å². The number of carbonyl (C=O) groups excluding carboxylic acids is 1. The number of hydrazone groups is 1. The van der Waals surface area contributed by atoms with Gasteiger partial charge < -0.3 is 0 Å². The van der Waals surface area contributed by atoms with E-state index in [1.807, 2.05) is 78.2 Å². The summed E-state index contributed by atoms with van der Waals surface area (Å²) in [4.78, 5) is 26.2. The van der Waals surface area contributed by atoms with E-state index >= 15 is 0 Å². The third-order valence-corrected chi connectivity index (χ3v) is 5.29. The van der Waals surface area contributed by atoms with E-state index in [1.165, 1.54) is 10.9 Å². The summed E-state index contributed by atoms with van der Waals surface area (Å²) in [6.45, 7) is -0.268. The molecule has 0 unspecified atom stereocenters. The van der Waals surface area contributed by atoms with E-state index in [-0.39, 0.29) is 6.54 Å². The maximum Gasteiger partial charge on any atom is 0.367 e. The molecule has 8 nitrogen and oxygen atoms in total. The Balaban J connectivity index is 1.53. The first-order valence-corrected chi connectivity index (χ1v) is 10.7. The lowest BCUT2D eigenvalue weighted by atomic mass is 10.2. The van der Waals surface area contributed by atoms with E-state index in [9.17, 15) is 9.59 Å². The maximum absolute atomic E-state index is 12.9. The van der Waals surface area contributed by atoms with Gasteiger partial charge in [0.2, 0.25) is 0 Å². The molecule has 0 saturated carbocycles. The molecule has 160 valence electrons. The van der Waals surface area contributed by atoms with Crippen LogP contribution in [0.3, 0.4) is 0 Å². The smallest absolute Gasteiger partial charge is 0.271 e. The number of benzene rings is 2. The van der Waals surface area contributed by atoms with Gasteiger partial charge in [-0.1, -0.05) is 66.7 Å². The third-order valence-electron chi connectivity index (χ3n) is 4.41. The number of nitrogens with one attached hydrogen (secondary N) is 1. The Kier molecular flexibility index (Phi) is 6.78. The number of nitrogens with zero attached hydrogens (tertiary/aromatic N) is 5. The molecule has 1 amide bonds. The van der Waals surface area contributed by atoms with Crippen LogP contribution in [0.4, 0.5) is 0 Å². The zero-order valence-electron chi connectivity index (χ0n) is 17.0. The molecule has 0 spiro atoms. The van der Waals surface area contributed by atoms with Crippen LogP contribution in [0.5, 0.6) is 0 Å². The second kappa shape index (κ2) is 10.3. The Morgan fingerprint density at radius 3 is 2.31 bits per heavy atom. The maximum atomic E-state index is 12.9. The summed E-state index contributed by atoms with van der Waals surface area (Å²) in [7, 11) is 0. The van der Waals surface area contributed by atoms with Crippen LogP contribution in [0.25, 0.3) is 0 Å². The van der Waals surface area contributed by atoms with Crippen molar-refractivity contribution in [3.63, 3.8) is 0 Å². The van der Waals surface area contributed by atoms with Crippen LogP contribution >= 0.6 is 11.3 Å². The summed E-state index contributed by atoms with van der Waals surface area (Å²) >= 11 is 1.56. The van der Waals surface area contributed by atoms with Gasteiger partial charge in [-0.05, 0) is 22.6 Å². The first-order valence-electron chi connectivity index (χ1n) is 9.86. The van der Waals surface area contributed by atoms with E-state index in [0.29, 0.717) is 12.2 Å². The molecular formula is C23H20N6O2S. The summed E-state index contributed by atoms with van der Waals surface area (Å²) in [6, 6.07) is 22.7. The molecule has 0 aliphatic carbocycles. The molecule has 32 heavy (non-hydrogen) atoms. The number of amides is 1. The van der Waals surface area contributed by atoms with Crippen LogP contribution in [0, 0.1) is 0 Å². The highest BCUT2D eigenvalue weighted by Gasteiger charge is 2.16. The van der Waals surface area contributed by atoms with Crippen molar-refractivity contribution in [2.24, 2.45) is 10.2 Å². The van der Waals surface area contributed by atoms with E-state index in [1.54, 1.807) is 17.6 Å². The van der Waals surface area contributed by atoms with E-state index in [0.717, 1.165) is 20.7 Å². The molecule has 0 aliphatic rings. The Bertz CT molecular complexity index is 1280. The largest absolute Gasteiger partial charge is 0.367 e. The molecule has 0 aliphatic heterocycles. The molecule has 0 radical (unpaired) electrons. The molecular weight excluding hydrogens is 424 g/mol. The van der Waals surface area contributed by atoms with Gasteiger partial charge in [-0.2, -0.15) is 20.0 Å². The fourth-order valence-corrected chi connectivity index (χ4v) is 3.60. The summed E-state index contributed by atoms with van der Waals surface area (Å²) in [5, 5.41) is 14.6. The summed E-state index contributed by atoms with van der Waals surface area (Å²) in [5.41, 5.74) is 3.63. The lowest BCUT2D eigenvalue weighted by Gasteiger charge is -1.98. The van der Waals surface area contributed by atoms with Crippen LogP contribution in [0.15, 0.2) is 93.2 Å². The minimum absolute atomic E-state index is 0.268. The lowest BCUT2D eigenvalue weighted by molar-refractivity contribution is -0.121. The first kappa shape index (κ1) is 21.1. The zero-order chi connectivity index (χ0) is 22.2. The number of thiophene rings is 1. The Morgan fingerprint density at radius 2 is 1.66 bits per heavy atom. The average Bonchev–Trinajstić information content (AvgIpc) is 3.42. The normalized spacial score (nSPS) is 11.4. The highest BCUT2D eigenvalue weighted by atomic mass is 32.1. The van der Waals surface area contributed by atoms with Crippen LogP contribution in [-0.2, 0) is 17.8 Å². The molecule has 4 rings (SSSR count). The number of hydrogen-bond acceptors (Lipinski definition) is 6. The molecule has 0 atom stereocenters. The van der Waals surface area contributed by atoms with Gasteiger partial charge in [0, 0.05) is 11.3 Å². The zero-order valence-corrected chi connectivity index (χ0v) is 17.9. The number of hydrogen-bond donors (Lipinski definition) is 1. The van der Waals surface area contributed by atoms with Gasteiger partial charge in [0.25, 0.3) is 5.91 Å². The Morgan fingerprint density at radius 1 is 0.969 bits per heavy atom. The fraction of sp³-hybridized carbons (Fsp3) is 0.0870.